The molecule has 2 atom stereocenters. The molecule has 1 aliphatic carbocycles. The first-order chi connectivity index (χ1) is 6.33. The fourth-order valence-electron chi connectivity index (χ4n) is 2.25. The monoisotopic (exact) mass is 182 g/mol. The highest BCUT2D eigenvalue weighted by Gasteiger charge is 2.17. The summed E-state index contributed by atoms with van der Waals surface area (Å²) < 4.78 is 0. The zero-order chi connectivity index (χ0) is 9.52. The van der Waals surface area contributed by atoms with Crippen molar-refractivity contribution in [2.45, 2.75) is 57.5 Å². The van der Waals surface area contributed by atoms with Crippen LogP contribution >= 0.6 is 0 Å². The number of aliphatic hydroxyl groups is 1. The summed E-state index contributed by atoms with van der Waals surface area (Å²) in [5, 5.41) is 9.60. The van der Waals surface area contributed by atoms with E-state index in [1.54, 1.807) is 0 Å². The van der Waals surface area contributed by atoms with Crippen LogP contribution in [-0.4, -0.2) is 11.2 Å². The van der Waals surface area contributed by atoms with Crippen LogP contribution in [0.5, 0.6) is 0 Å². The molecule has 1 saturated carbocycles. The van der Waals surface area contributed by atoms with Gasteiger partial charge in [-0.1, -0.05) is 31.8 Å². The maximum atomic E-state index is 9.60. The molecule has 0 aromatic heterocycles. The zero-order valence-electron chi connectivity index (χ0n) is 8.54. The molecule has 0 spiro atoms. The average molecular weight is 182 g/mol. The van der Waals surface area contributed by atoms with Gasteiger partial charge in [-0.05, 0) is 31.6 Å². The Kier molecular flexibility index (Phi) is 5.14. The van der Waals surface area contributed by atoms with E-state index in [-0.39, 0.29) is 6.10 Å². The fraction of sp³-hybridized carbons (Fsp3) is 0.833. The molecule has 0 saturated heterocycles. The Morgan fingerprint density at radius 3 is 2.85 bits per heavy atom. The first-order valence-electron chi connectivity index (χ1n) is 5.62. The van der Waals surface area contributed by atoms with Gasteiger partial charge < -0.3 is 5.11 Å². The standard InChI is InChI=1S/C12H22O/c1-2-3-4-7-11-8-5-6-9-12(13)10-11/h2,11-13H,1,3-10H2. The lowest BCUT2D eigenvalue weighted by atomic mass is 9.93. The van der Waals surface area contributed by atoms with Crippen LogP contribution < -0.4 is 0 Å². The molecular weight excluding hydrogens is 160 g/mol. The number of unbranched alkanes of at least 4 members (excludes halogenated alkanes) is 1. The third-order valence-corrected chi connectivity index (χ3v) is 3.03. The van der Waals surface area contributed by atoms with Crippen LogP contribution in [-0.2, 0) is 0 Å². The summed E-state index contributed by atoms with van der Waals surface area (Å²) in [6.45, 7) is 3.73. The normalized spacial score (nSPS) is 29.6. The molecule has 2 unspecified atom stereocenters. The minimum atomic E-state index is -0.0174. The Morgan fingerprint density at radius 2 is 2.08 bits per heavy atom. The van der Waals surface area contributed by atoms with Crippen molar-refractivity contribution in [2.24, 2.45) is 5.92 Å². The van der Waals surface area contributed by atoms with E-state index in [9.17, 15) is 5.11 Å². The quantitative estimate of drug-likeness (QED) is 0.402. The lowest BCUT2D eigenvalue weighted by Gasteiger charge is -2.15. The number of hydrogen-bond acceptors (Lipinski definition) is 1. The third kappa shape index (κ3) is 4.47. The second-order valence-corrected chi connectivity index (χ2v) is 4.26. The highest BCUT2D eigenvalue weighted by atomic mass is 16.3. The average Bonchev–Trinajstić information content (AvgIpc) is 2.31. The van der Waals surface area contributed by atoms with Gasteiger partial charge in [0.25, 0.3) is 0 Å². The fourth-order valence-corrected chi connectivity index (χ4v) is 2.25. The van der Waals surface area contributed by atoms with E-state index >= 15 is 0 Å². The van der Waals surface area contributed by atoms with Gasteiger partial charge in [-0.15, -0.1) is 6.58 Å². The van der Waals surface area contributed by atoms with E-state index in [4.69, 9.17) is 0 Å². The molecule has 1 fully saturated rings. The van der Waals surface area contributed by atoms with Crippen LogP contribution in [0.15, 0.2) is 12.7 Å². The van der Waals surface area contributed by atoms with Crippen molar-refractivity contribution in [3.63, 3.8) is 0 Å². The minimum Gasteiger partial charge on any atom is -0.393 e. The first kappa shape index (κ1) is 10.8. The molecule has 0 aromatic carbocycles. The topological polar surface area (TPSA) is 20.2 Å². The molecule has 1 nitrogen and oxygen atoms in total. The van der Waals surface area contributed by atoms with Crippen LogP contribution in [0.3, 0.4) is 0 Å². The van der Waals surface area contributed by atoms with E-state index in [0.717, 1.165) is 25.2 Å². The smallest absolute Gasteiger partial charge is 0.0542 e. The van der Waals surface area contributed by atoms with Gasteiger partial charge in [0.1, 0.15) is 0 Å². The molecule has 1 heteroatoms. The van der Waals surface area contributed by atoms with Crippen molar-refractivity contribution >= 4 is 0 Å². The van der Waals surface area contributed by atoms with E-state index < -0.39 is 0 Å². The number of hydrogen-bond donors (Lipinski definition) is 1. The molecule has 0 aliphatic heterocycles. The number of rotatable bonds is 4. The van der Waals surface area contributed by atoms with E-state index in [1.807, 2.05) is 6.08 Å². The minimum absolute atomic E-state index is 0.0174. The molecule has 13 heavy (non-hydrogen) atoms. The van der Waals surface area contributed by atoms with Crippen LogP contribution in [0.4, 0.5) is 0 Å². The molecule has 0 aromatic rings. The molecule has 0 amide bonds. The summed E-state index contributed by atoms with van der Waals surface area (Å²) in [6.07, 6.45) is 11.6. The molecule has 1 aliphatic rings. The summed E-state index contributed by atoms with van der Waals surface area (Å²) >= 11 is 0. The van der Waals surface area contributed by atoms with Crippen molar-refractivity contribution in [1.82, 2.24) is 0 Å². The highest BCUT2D eigenvalue weighted by Crippen LogP contribution is 2.27. The SMILES string of the molecule is C=CCCCC1CCCCC(O)C1. The van der Waals surface area contributed by atoms with Crippen molar-refractivity contribution in [3.05, 3.63) is 12.7 Å². The molecular formula is C12H22O. The highest BCUT2D eigenvalue weighted by molar-refractivity contribution is 4.72. The van der Waals surface area contributed by atoms with Crippen LogP contribution in [0.25, 0.3) is 0 Å². The zero-order valence-corrected chi connectivity index (χ0v) is 8.54. The van der Waals surface area contributed by atoms with Gasteiger partial charge in [-0.3, -0.25) is 0 Å². The van der Waals surface area contributed by atoms with Crippen molar-refractivity contribution < 1.29 is 5.11 Å². The molecule has 0 bridgehead atoms. The Labute approximate surface area is 81.9 Å². The predicted molar refractivity (Wildman–Crippen MR) is 56.6 cm³/mol. The lowest BCUT2D eigenvalue weighted by Crippen LogP contribution is -2.10. The number of allylic oxidation sites excluding steroid dienone is 1. The maximum Gasteiger partial charge on any atom is 0.0542 e. The molecule has 1 rings (SSSR count). The summed E-state index contributed by atoms with van der Waals surface area (Å²) in [5.41, 5.74) is 0. The Hall–Kier alpha value is -0.300. The second-order valence-electron chi connectivity index (χ2n) is 4.26. The number of aliphatic hydroxyl groups excluding tert-OH is 1. The predicted octanol–water partition coefficient (Wildman–Crippen LogP) is 3.28. The van der Waals surface area contributed by atoms with E-state index in [2.05, 4.69) is 6.58 Å². The van der Waals surface area contributed by atoms with Crippen molar-refractivity contribution in [2.75, 3.05) is 0 Å². The second kappa shape index (κ2) is 6.20. The first-order valence-corrected chi connectivity index (χ1v) is 5.62. The molecule has 0 heterocycles. The van der Waals surface area contributed by atoms with Crippen molar-refractivity contribution in [1.29, 1.82) is 0 Å². The van der Waals surface area contributed by atoms with Gasteiger partial charge in [0.05, 0.1) is 6.10 Å². The lowest BCUT2D eigenvalue weighted by molar-refractivity contribution is 0.139. The van der Waals surface area contributed by atoms with Gasteiger partial charge in [-0.25, -0.2) is 0 Å². The summed E-state index contributed by atoms with van der Waals surface area (Å²) in [5.74, 6) is 0.775. The van der Waals surface area contributed by atoms with Crippen LogP contribution in [0.2, 0.25) is 0 Å². The van der Waals surface area contributed by atoms with Gasteiger partial charge >= 0.3 is 0 Å². The Bertz CT molecular complexity index is 142. The van der Waals surface area contributed by atoms with Gasteiger partial charge in [0, 0.05) is 0 Å². The van der Waals surface area contributed by atoms with Crippen molar-refractivity contribution in [3.8, 4) is 0 Å². The molecule has 1 N–H and O–H groups in total. The summed E-state index contributed by atoms with van der Waals surface area (Å²) in [6, 6.07) is 0. The summed E-state index contributed by atoms with van der Waals surface area (Å²) in [4.78, 5) is 0. The van der Waals surface area contributed by atoms with Crippen LogP contribution in [0.1, 0.15) is 51.4 Å². The molecule has 76 valence electrons. The van der Waals surface area contributed by atoms with Gasteiger partial charge in [-0.2, -0.15) is 0 Å². The Morgan fingerprint density at radius 1 is 1.31 bits per heavy atom. The van der Waals surface area contributed by atoms with Crippen LogP contribution in [0, 0.1) is 5.92 Å². The maximum absolute atomic E-state index is 9.60. The van der Waals surface area contributed by atoms with E-state index in [1.165, 1.54) is 32.1 Å². The largest absolute Gasteiger partial charge is 0.393 e. The molecule has 0 radical (unpaired) electrons. The third-order valence-electron chi connectivity index (χ3n) is 3.03. The van der Waals surface area contributed by atoms with E-state index in [0.29, 0.717) is 0 Å². The summed E-state index contributed by atoms with van der Waals surface area (Å²) in [7, 11) is 0. The Balaban J connectivity index is 2.18. The van der Waals surface area contributed by atoms with Gasteiger partial charge in [0.15, 0.2) is 0 Å². The van der Waals surface area contributed by atoms with Gasteiger partial charge in [0.2, 0.25) is 0 Å².